The number of nitrogens with zero attached hydrogens (tertiary/aromatic N) is 1. The average Bonchev–Trinajstić information content (AvgIpc) is 3.12. The smallest absolute Gasteiger partial charge is 0.306 e. The molecule has 0 aliphatic rings. The van der Waals surface area contributed by atoms with Gasteiger partial charge in [-0.1, -0.05) is 146 Å². The van der Waals surface area contributed by atoms with E-state index < -0.39 is 13.9 Å². The lowest BCUT2D eigenvalue weighted by molar-refractivity contribution is -0.870. The highest BCUT2D eigenvalue weighted by molar-refractivity contribution is 7.45. The lowest BCUT2D eigenvalue weighted by atomic mass is 10.1. The van der Waals surface area contributed by atoms with Crippen LogP contribution < -0.4 is 4.89 Å². The zero-order chi connectivity index (χ0) is 39.9. The molecule has 0 bridgehead atoms. The molecule has 0 spiro atoms. The van der Waals surface area contributed by atoms with E-state index in [0.717, 1.165) is 64.2 Å². The van der Waals surface area contributed by atoms with Crippen LogP contribution in [0.25, 0.3) is 0 Å². The normalized spacial score (nSPS) is 14.3. The third-order valence-electron chi connectivity index (χ3n) is 9.08. The summed E-state index contributed by atoms with van der Waals surface area (Å²) in [6.07, 6.45) is 45.5. The fourth-order valence-electron chi connectivity index (χ4n) is 5.67. The molecule has 0 radical (unpaired) electrons. The average molecular weight is 782 g/mol. The van der Waals surface area contributed by atoms with E-state index in [0.29, 0.717) is 24.1 Å². The van der Waals surface area contributed by atoms with Crippen LogP contribution in [0.3, 0.4) is 0 Å². The molecule has 0 aromatic rings. The summed E-state index contributed by atoms with van der Waals surface area (Å²) in [5.74, 6) is -0.351. The molecule has 54 heavy (non-hydrogen) atoms. The van der Waals surface area contributed by atoms with E-state index in [4.69, 9.17) is 18.5 Å². The van der Waals surface area contributed by atoms with Crippen molar-refractivity contribution in [1.82, 2.24) is 0 Å². The molecular formula is C45H84NO7P. The molecule has 0 heterocycles. The molecule has 8 nitrogen and oxygen atoms in total. The largest absolute Gasteiger partial charge is 0.756 e. The topological polar surface area (TPSA) is 94.1 Å². The molecule has 0 aromatic carbocycles. The van der Waals surface area contributed by atoms with Crippen LogP contribution in [-0.4, -0.2) is 70.7 Å². The van der Waals surface area contributed by atoms with Crippen LogP contribution in [0.1, 0.15) is 174 Å². The first-order valence-electron chi connectivity index (χ1n) is 21.9. The fourth-order valence-corrected chi connectivity index (χ4v) is 6.40. The van der Waals surface area contributed by atoms with Gasteiger partial charge in [-0.25, -0.2) is 0 Å². The maximum absolute atomic E-state index is 12.7. The Bertz CT molecular complexity index is 1000. The van der Waals surface area contributed by atoms with Crippen molar-refractivity contribution in [2.24, 2.45) is 0 Å². The summed E-state index contributed by atoms with van der Waals surface area (Å²) in [7, 11) is 1.34. The van der Waals surface area contributed by atoms with E-state index in [1.54, 1.807) is 0 Å². The number of hydrogen-bond acceptors (Lipinski definition) is 7. The van der Waals surface area contributed by atoms with Gasteiger partial charge in [0.1, 0.15) is 19.3 Å². The van der Waals surface area contributed by atoms with Gasteiger partial charge in [-0.2, -0.15) is 0 Å². The number of carbonyl (C=O) groups excluding carboxylic acids is 1. The molecule has 0 N–H and O–H groups in total. The van der Waals surface area contributed by atoms with Crippen molar-refractivity contribution in [3.05, 3.63) is 48.6 Å². The number of hydrogen-bond donors (Lipinski definition) is 0. The number of likely N-dealkylation sites (N-methyl/N-ethyl adjacent to an activating group) is 1. The Kier molecular flexibility index (Phi) is 37.2. The van der Waals surface area contributed by atoms with Gasteiger partial charge in [0.15, 0.2) is 0 Å². The molecule has 2 atom stereocenters. The number of phosphoric ester groups is 1. The third-order valence-corrected chi connectivity index (χ3v) is 10.0. The predicted octanol–water partition coefficient (Wildman–Crippen LogP) is 12.1. The maximum Gasteiger partial charge on any atom is 0.306 e. The summed E-state index contributed by atoms with van der Waals surface area (Å²) >= 11 is 0. The number of unbranched alkanes of at least 4 members (excludes halogenated alkanes) is 18. The molecule has 0 fully saturated rings. The molecule has 0 aliphatic heterocycles. The summed E-state index contributed by atoms with van der Waals surface area (Å²) in [4.78, 5) is 25.0. The van der Waals surface area contributed by atoms with Gasteiger partial charge in [-0.3, -0.25) is 9.36 Å². The van der Waals surface area contributed by atoms with Gasteiger partial charge in [-0.05, 0) is 70.6 Å². The second-order valence-electron chi connectivity index (χ2n) is 15.7. The number of rotatable bonds is 40. The maximum atomic E-state index is 12.7. The molecular weight excluding hydrogens is 697 g/mol. The summed E-state index contributed by atoms with van der Waals surface area (Å²) in [6, 6.07) is 0. The second kappa shape index (κ2) is 38.3. The summed E-state index contributed by atoms with van der Waals surface area (Å²) in [5.41, 5.74) is 0. The molecule has 0 saturated carbocycles. The Balaban J connectivity index is 4.23. The van der Waals surface area contributed by atoms with Crippen LogP contribution in [0.5, 0.6) is 0 Å². The number of esters is 1. The number of ether oxygens (including phenoxy) is 2. The van der Waals surface area contributed by atoms with Gasteiger partial charge in [0.2, 0.25) is 0 Å². The van der Waals surface area contributed by atoms with Gasteiger partial charge < -0.3 is 27.9 Å². The summed E-state index contributed by atoms with van der Waals surface area (Å²) < 4.78 is 34.5. The summed E-state index contributed by atoms with van der Waals surface area (Å²) in [6.45, 7) is 5.31. The highest BCUT2D eigenvalue weighted by Gasteiger charge is 2.20. The molecule has 316 valence electrons. The number of quaternary nitrogens is 1. The van der Waals surface area contributed by atoms with Crippen molar-refractivity contribution in [2.75, 3.05) is 54.1 Å². The molecule has 0 rings (SSSR count). The molecule has 0 aliphatic carbocycles. The van der Waals surface area contributed by atoms with Gasteiger partial charge in [0.25, 0.3) is 7.82 Å². The van der Waals surface area contributed by atoms with Crippen LogP contribution in [0.15, 0.2) is 48.6 Å². The SMILES string of the molecule is CCC/C=C\CCCCCCCCOCC(COP(=O)([O-])OCC[N+](C)(C)C)OC(=O)CCCCCCCC/C=C\C/C=C\C/C=C\CCCCCCC. The van der Waals surface area contributed by atoms with E-state index >= 15 is 0 Å². The Morgan fingerprint density at radius 2 is 1.06 bits per heavy atom. The van der Waals surface area contributed by atoms with Crippen LogP contribution in [0, 0.1) is 0 Å². The first kappa shape index (κ1) is 52.5. The Morgan fingerprint density at radius 3 is 1.61 bits per heavy atom. The number of allylic oxidation sites excluding steroid dienone is 8. The van der Waals surface area contributed by atoms with Crippen LogP contribution in [0.4, 0.5) is 0 Å². The van der Waals surface area contributed by atoms with Gasteiger partial charge >= 0.3 is 5.97 Å². The van der Waals surface area contributed by atoms with Crippen LogP contribution in [-0.2, 0) is 27.9 Å². The van der Waals surface area contributed by atoms with Crippen molar-refractivity contribution < 1.29 is 37.3 Å². The van der Waals surface area contributed by atoms with Gasteiger partial charge in [-0.15, -0.1) is 0 Å². The first-order chi connectivity index (χ1) is 26.1. The molecule has 0 amide bonds. The van der Waals surface area contributed by atoms with Crippen molar-refractivity contribution >= 4 is 13.8 Å². The molecule has 9 heteroatoms. The lowest BCUT2D eigenvalue weighted by Crippen LogP contribution is -2.37. The third kappa shape index (κ3) is 41.6. The minimum atomic E-state index is -4.53. The Hall–Kier alpha value is -1.54. The summed E-state index contributed by atoms with van der Waals surface area (Å²) in [5, 5.41) is 0. The van der Waals surface area contributed by atoms with E-state index in [9.17, 15) is 14.3 Å². The van der Waals surface area contributed by atoms with E-state index in [2.05, 4.69) is 62.5 Å². The lowest BCUT2D eigenvalue weighted by Gasteiger charge is -2.28. The zero-order valence-electron chi connectivity index (χ0n) is 35.7. The van der Waals surface area contributed by atoms with Crippen LogP contribution >= 0.6 is 7.82 Å². The minimum Gasteiger partial charge on any atom is -0.756 e. The fraction of sp³-hybridized carbons (Fsp3) is 0.800. The van der Waals surface area contributed by atoms with Crippen molar-refractivity contribution in [3.63, 3.8) is 0 Å². The minimum absolute atomic E-state index is 0.0206. The van der Waals surface area contributed by atoms with Crippen molar-refractivity contribution in [3.8, 4) is 0 Å². The van der Waals surface area contributed by atoms with Crippen molar-refractivity contribution in [2.45, 2.75) is 180 Å². The monoisotopic (exact) mass is 782 g/mol. The number of carbonyl (C=O) groups is 1. The highest BCUT2D eigenvalue weighted by Crippen LogP contribution is 2.38. The van der Waals surface area contributed by atoms with Gasteiger partial charge in [0.05, 0.1) is 34.4 Å². The van der Waals surface area contributed by atoms with Crippen molar-refractivity contribution in [1.29, 1.82) is 0 Å². The zero-order valence-corrected chi connectivity index (χ0v) is 36.6. The van der Waals surface area contributed by atoms with E-state index in [1.165, 1.54) is 89.9 Å². The van der Waals surface area contributed by atoms with Crippen LogP contribution in [0.2, 0.25) is 0 Å². The number of phosphoric acid groups is 1. The van der Waals surface area contributed by atoms with E-state index in [1.807, 2.05) is 21.1 Å². The predicted molar refractivity (Wildman–Crippen MR) is 226 cm³/mol. The highest BCUT2D eigenvalue weighted by atomic mass is 31.2. The van der Waals surface area contributed by atoms with E-state index in [-0.39, 0.29) is 25.8 Å². The molecule has 0 aromatic heterocycles. The van der Waals surface area contributed by atoms with Gasteiger partial charge in [0, 0.05) is 13.0 Å². The Morgan fingerprint density at radius 1 is 0.574 bits per heavy atom. The Labute approximate surface area is 333 Å². The molecule has 0 saturated heterocycles. The quantitative estimate of drug-likeness (QED) is 0.0201. The molecule has 2 unspecified atom stereocenters. The standard InChI is InChI=1S/C45H84NO7P/c1-6-8-10-12-14-16-18-19-20-21-22-23-24-25-26-27-28-30-32-34-36-38-45(47)53-44(43-52-54(48,49)51-41-39-46(3,4)5)42-50-40-37-35-33-31-29-17-15-13-11-9-7-2/h11,13,18-19,21-22,24-25,44H,6-10,12,14-17,20,23,26-43H2,1-5H3/b13-11-,19-18-,22-21-,25-24-. The second-order valence-corrected chi connectivity index (χ2v) is 17.1. The first-order valence-corrected chi connectivity index (χ1v) is 23.3.